The molecule has 0 aliphatic rings. The van der Waals surface area contributed by atoms with E-state index in [-0.39, 0.29) is 5.75 Å². The lowest BCUT2D eigenvalue weighted by atomic mass is 9.93. The monoisotopic (exact) mass is 408 g/mol. The van der Waals surface area contributed by atoms with Gasteiger partial charge in [-0.1, -0.05) is 56.5 Å². The molecular weight excluding hydrogens is 380 g/mol. The highest BCUT2D eigenvalue weighted by Gasteiger charge is 2.13. The van der Waals surface area contributed by atoms with Crippen LogP contribution in [-0.2, 0) is 6.42 Å². The summed E-state index contributed by atoms with van der Waals surface area (Å²) < 4.78 is 0. The van der Waals surface area contributed by atoms with Gasteiger partial charge in [-0.15, -0.1) is 0 Å². The minimum Gasteiger partial charge on any atom is -0.507 e. The van der Waals surface area contributed by atoms with Crippen molar-refractivity contribution in [3.8, 4) is 11.5 Å². The van der Waals surface area contributed by atoms with E-state index in [1.807, 2.05) is 30.3 Å². The predicted octanol–water partition coefficient (Wildman–Crippen LogP) is 8.14. The standard InChI is InChI=1S/C29H28O2/c1-3-4-5-6-9-19-13-21-15-23-16-22-14-20-10-7-8-11-24(20)28(30)26(22)17-27(23)29(31)25(21)12-18(19)2/h7-8,10-17,30-31H,3-6,9H2,1-2H3. The van der Waals surface area contributed by atoms with Crippen molar-refractivity contribution in [3.05, 3.63) is 71.8 Å². The summed E-state index contributed by atoms with van der Waals surface area (Å²) in [7, 11) is 0. The van der Waals surface area contributed by atoms with Gasteiger partial charge in [0.25, 0.3) is 0 Å². The highest BCUT2D eigenvalue weighted by molar-refractivity contribution is 6.14. The zero-order valence-electron chi connectivity index (χ0n) is 18.2. The number of aromatic hydroxyl groups is 2. The van der Waals surface area contributed by atoms with Crippen LogP contribution in [0.3, 0.4) is 0 Å². The summed E-state index contributed by atoms with van der Waals surface area (Å²) in [5.74, 6) is 0.565. The Morgan fingerprint density at radius 2 is 1.23 bits per heavy atom. The number of unbranched alkanes of at least 4 members (excludes halogenated alkanes) is 3. The molecule has 0 aromatic heterocycles. The minimum atomic E-state index is 0.271. The summed E-state index contributed by atoms with van der Waals surface area (Å²) in [4.78, 5) is 0. The van der Waals surface area contributed by atoms with Crippen molar-refractivity contribution in [3.63, 3.8) is 0 Å². The van der Waals surface area contributed by atoms with Gasteiger partial charge in [0.2, 0.25) is 0 Å². The van der Waals surface area contributed by atoms with Gasteiger partial charge in [0.15, 0.2) is 0 Å². The SMILES string of the molecule is CCCCCCc1cc2cc3cc4cc5ccccc5c(O)c4cc3c(O)c2cc1C. The molecule has 0 aliphatic carbocycles. The normalized spacial score (nSPS) is 11.8. The molecule has 0 atom stereocenters. The van der Waals surface area contributed by atoms with E-state index in [9.17, 15) is 10.2 Å². The van der Waals surface area contributed by atoms with Crippen LogP contribution < -0.4 is 0 Å². The van der Waals surface area contributed by atoms with Crippen molar-refractivity contribution >= 4 is 43.1 Å². The lowest BCUT2D eigenvalue weighted by Crippen LogP contribution is -1.92. The van der Waals surface area contributed by atoms with Crippen LogP contribution in [0.5, 0.6) is 11.5 Å². The van der Waals surface area contributed by atoms with Gasteiger partial charge in [-0.05, 0) is 82.8 Å². The van der Waals surface area contributed by atoms with Crippen molar-refractivity contribution in [2.45, 2.75) is 46.0 Å². The van der Waals surface area contributed by atoms with Crippen LogP contribution in [0, 0.1) is 6.92 Å². The summed E-state index contributed by atoms with van der Waals surface area (Å²) in [5.41, 5.74) is 2.60. The Balaban J connectivity index is 1.70. The zero-order chi connectivity index (χ0) is 21.5. The van der Waals surface area contributed by atoms with Gasteiger partial charge >= 0.3 is 0 Å². The number of phenolic OH excluding ortho intramolecular Hbond substituents is 2. The lowest BCUT2D eigenvalue weighted by Gasteiger charge is -2.13. The maximum absolute atomic E-state index is 11.2. The Bertz CT molecular complexity index is 1450. The molecule has 0 aliphatic heterocycles. The smallest absolute Gasteiger partial charge is 0.131 e. The summed E-state index contributed by atoms with van der Waals surface area (Å²) in [6.45, 7) is 4.37. The number of fused-ring (bicyclic) bond motifs is 4. The van der Waals surface area contributed by atoms with Gasteiger partial charge in [-0.3, -0.25) is 0 Å². The molecule has 0 saturated heterocycles. The molecule has 2 heteroatoms. The van der Waals surface area contributed by atoms with Crippen LogP contribution in [0.2, 0.25) is 0 Å². The van der Waals surface area contributed by atoms with Gasteiger partial charge in [0, 0.05) is 21.5 Å². The first-order chi connectivity index (χ1) is 15.1. The largest absolute Gasteiger partial charge is 0.507 e. The quantitative estimate of drug-likeness (QED) is 0.227. The van der Waals surface area contributed by atoms with Crippen LogP contribution in [0.25, 0.3) is 43.1 Å². The average Bonchev–Trinajstić information content (AvgIpc) is 2.77. The van der Waals surface area contributed by atoms with Crippen LogP contribution in [0.1, 0.15) is 43.7 Å². The third-order valence-corrected chi connectivity index (χ3v) is 6.63. The van der Waals surface area contributed by atoms with Gasteiger partial charge < -0.3 is 10.2 Å². The number of aryl methyl sites for hydroxylation is 2. The molecule has 0 unspecified atom stereocenters. The first-order valence-corrected chi connectivity index (χ1v) is 11.3. The molecule has 2 nitrogen and oxygen atoms in total. The highest BCUT2D eigenvalue weighted by Crippen LogP contribution is 2.41. The van der Waals surface area contributed by atoms with Crippen molar-refractivity contribution in [2.24, 2.45) is 0 Å². The Morgan fingerprint density at radius 1 is 0.613 bits per heavy atom. The second-order valence-electron chi connectivity index (χ2n) is 8.78. The molecule has 156 valence electrons. The Kier molecular flexibility index (Phi) is 4.94. The average molecular weight is 409 g/mol. The van der Waals surface area contributed by atoms with Crippen LogP contribution in [0.4, 0.5) is 0 Å². The molecule has 0 spiro atoms. The minimum absolute atomic E-state index is 0.271. The molecule has 5 rings (SSSR count). The van der Waals surface area contributed by atoms with E-state index >= 15 is 0 Å². The molecule has 5 aromatic carbocycles. The Hall–Kier alpha value is -3.26. The third kappa shape index (κ3) is 3.37. The molecule has 0 radical (unpaired) electrons. The fraction of sp³-hybridized carbons (Fsp3) is 0.241. The molecular formula is C29H28O2. The number of phenols is 2. The van der Waals surface area contributed by atoms with Crippen molar-refractivity contribution in [2.75, 3.05) is 0 Å². The molecule has 0 fully saturated rings. The van der Waals surface area contributed by atoms with Gasteiger partial charge in [-0.25, -0.2) is 0 Å². The Morgan fingerprint density at radius 3 is 1.97 bits per heavy atom. The van der Waals surface area contributed by atoms with Gasteiger partial charge in [0.1, 0.15) is 11.5 Å². The van der Waals surface area contributed by atoms with Crippen LogP contribution >= 0.6 is 0 Å². The number of hydrogen-bond donors (Lipinski definition) is 2. The second-order valence-corrected chi connectivity index (χ2v) is 8.78. The number of benzene rings is 5. The molecule has 2 N–H and O–H groups in total. The van der Waals surface area contributed by atoms with E-state index in [4.69, 9.17) is 0 Å². The predicted molar refractivity (Wildman–Crippen MR) is 132 cm³/mol. The van der Waals surface area contributed by atoms with E-state index in [1.165, 1.54) is 36.8 Å². The summed E-state index contributed by atoms with van der Waals surface area (Å²) in [6.07, 6.45) is 6.08. The van der Waals surface area contributed by atoms with Crippen LogP contribution in [-0.4, -0.2) is 10.2 Å². The summed E-state index contributed by atoms with van der Waals surface area (Å²) in [6, 6.07) is 20.5. The topological polar surface area (TPSA) is 40.5 Å². The molecule has 31 heavy (non-hydrogen) atoms. The van der Waals surface area contributed by atoms with E-state index in [1.54, 1.807) is 0 Å². The molecule has 0 amide bonds. The molecule has 0 heterocycles. The van der Waals surface area contributed by atoms with Crippen molar-refractivity contribution < 1.29 is 10.2 Å². The molecule has 0 bridgehead atoms. The maximum Gasteiger partial charge on any atom is 0.131 e. The summed E-state index contributed by atoms with van der Waals surface area (Å²) >= 11 is 0. The number of hydrogen-bond acceptors (Lipinski definition) is 2. The fourth-order valence-corrected chi connectivity index (χ4v) is 4.85. The van der Waals surface area contributed by atoms with E-state index in [0.717, 1.165) is 49.5 Å². The summed E-state index contributed by atoms with van der Waals surface area (Å²) in [5, 5.41) is 29.4. The van der Waals surface area contributed by atoms with E-state index < -0.39 is 0 Å². The third-order valence-electron chi connectivity index (χ3n) is 6.63. The molecule has 5 aromatic rings. The number of rotatable bonds is 5. The molecule has 0 saturated carbocycles. The van der Waals surface area contributed by atoms with Gasteiger partial charge in [-0.2, -0.15) is 0 Å². The van der Waals surface area contributed by atoms with Crippen LogP contribution in [0.15, 0.2) is 60.7 Å². The van der Waals surface area contributed by atoms with Gasteiger partial charge in [0.05, 0.1) is 0 Å². The van der Waals surface area contributed by atoms with Crippen molar-refractivity contribution in [1.82, 2.24) is 0 Å². The lowest BCUT2D eigenvalue weighted by molar-refractivity contribution is 0.487. The highest BCUT2D eigenvalue weighted by atomic mass is 16.3. The Labute approximate surface area is 182 Å². The zero-order valence-corrected chi connectivity index (χ0v) is 18.2. The van der Waals surface area contributed by atoms with E-state index in [0.29, 0.717) is 5.75 Å². The first-order valence-electron chi connectivity index (χ1n) is 11.3. The second kappa shape index (κ2) is 7.77. The fourth-order valence-electron chi connectivity index (χ4n) is 4.85. The maximum atomic E-state index is 11.2. The van der Waals surface area contributed by atoms with Crippen molar-refractivity contribution in [1.29, 1.82) is 0 Å². The first kappa shape index (κ1) is 19.7. The van der Waals surface area contributed by atoms with E-state index in [2.05, 4.69) is 44.2 Å².